The van der Waals surface area contributed by atoms with Gasteiger partial charge in [-0.25, -0.2) is 4.79 Å². The van der Waals surface area contributed by atoms with Crippen LogP contribution in [0.25, 0.3) is 0 Å². The van der Waals surface area contributed by atoms with Crippen molar-refractivity contribution in [1.29, 1.82) is 0 Å². The second-order valence-electron chi connectivity index (χ2n) is 6.35. The third-order valence-corrected chi connectivity index (χ3v) is 3.60. The molecule has 4 heteroatoms. The fourth-order valence-electron chi connectivity index (χ4n) is 2.09. The standard InChI is InChI=1S/C14H27NO3/c1-13(2,3)8-9-18-10-14(15-4,11-6-7-11)12(16)17-5/h11,15H,6-10H2,1-5H3. The number of esters is 1. The van der Waals surface area contributed by atoms with Crippen molar-refractivity contribution in [2.75, 3.05) is 27.4 Å². The van der Waals surface area contributed by atoms with E-state index in [1.807, 2.05) is 7.05 Å². The Hall–Kier alpha value is -0.610. The van der Waals surface area contributed by atoms with E-state index in [0.717, 1.165) is 19.3 Å². The number of carbonyl (C=O) groups is 1. The lowest BCUT2D eigenvalue weighted by Crippen LogP contribution is -2.56. The summed E-state index contributed by atoms with van der Waals surface area (Å²) in [5, 5.41) is 3.13. The molecule has 0 aromatic carbocycles. The summed E-state index contributed by atoms with van der Waals surface area (Å²) in [5.41, 5.74) is -0.389. The molecule has 0 heterocycles. The molecule has 1 atom stereocenters. The molecule has 0 aromatic heterocycles. The van der Waals surface area contributed by atoms with Gasteiger partial charge in [0.05, 0.1) is 13.7 Å². The van der Waals surface area contributed by atoms with E-state index >= 15 is 0 Å². The van der Waals surface area contributed by atoms with Gasteiger partial charge >= 0.3 is 5.97 Å². The van der Waals surface area contributed by atoms with Crippen LogP contribution in [0.15, 0.2) is 0 Å². The highest BCUT2D eigenvalue weighted by molar-refractivity contribution is 5.82. The van der Waals surface area contributed by atoms with Gasteiger partial charge in [0.2, 0.25) is 0 Å². The Morgan fingerprint density at radius 3 is 2.33 bits per heavy atom. The van der Waals surface area contributed by atoms with Crippen molar-refractivity contribution < 1.29 is 14.3 Å². The number of methoxy groups -OCH3 is 1. The number of hydrogen-bond donors (Lipinski definition) is 1. The van der Waals surface area contributed by atoms with E-state index in [1.165, 1.54) is 7.11 Å². The van der Waals surface area contributed by atoms with E-state index in [4.69, 9.17) is 9.47 Å². The third kappa shape index (κ3) is 3.95. The maximum Gasteiger partial charge on any atom is 0.328 e. The Morgan fingerprint density at radius 2 is 1.94 bits per heavy atom. The molecule has 1 unspecified atom stereocenters. The first-order chi connectivity index (χ1) is 8.35. The smallest absolute Gasteiger partial charge is 0.328 e. The lowest BCUT2D eigenvalue weighted by atomic mass is 9.92. The van der Waals surface area contributed by atoms with Crippen LogP contribution in [-0.2, 0) is 14.3 Å². The molecule has 4 nitrogen and oxygen atoms in total. The van der Waals surface area contributed by atoms with Gasteiger partial charge in [0, 0.05) is 6.61 Å². The minimum Gasteiger partial charge on any atom is -0.468 e. The van der Waals surface area contributed by atoms with Gasteiger partial charge in [-0.15, -0.1) is 0 Å². The lowest BCUT2D eigenvalue weighted by Gasteiger charge is -2.31. The number of hydrogen-bond acceptors (Lipinski definition) is 4. The summed E-state index contributed by atoms with van der Waals surface area (Å²) >= 11 is 0. The van der Waals surface area contributed by atoms with Crippen LogP contribution in [-0.4, -0.2) is 38.9 Å². The molecule has 0 aromatic rings. The zero-order valence-corrected chi connectivity index (χ0v) is 12.3. The molecule has 0 saturated heterocycles. The van der Waals surface area contributed by atoms with E-state index < -0.39 is 5.54 Å². The van der Waals surface area contributed by atoms with Crippen molar-refractivity contribution >= 4 is 5.97 Å². The number of rotatable bonds is 7. The van der Waals surface area contributed by atoms with Crippen LogP contribution in [0.4, 0.5) is 0 Å². The first kappa shape index (κ1) is 15.4. The second kappa shape index (κ2) is 6.02. The maximum atomic E-state index is 12.0. The average Bonchev–Trinajstić information content (AvgIpc) is 3.12. The summed E-state index contributed by atoms with van der Waals surface area (Å²) in [6.45, 7) is 7.63. The summed E-state index contributed by atoms with van der Waals surface area (Å²) in [4.78, 5) is 12.0. The highest BCUT2D eigenvalue weighted by Gasteiger charge is 2.51. The van der Waals surface area contributed by atoms with Crippen molar-refractivity contribution in [3.8, 4) is 0 Å². The van der Waals surface area contributed by atoms with Gasteiger partial charge < -0.3 is 14.8 Å². The van der Waals surface area contributed by atoms with Crippen LogP contribution in [0.5, 0.6) is 0 Å². The molecule has 1 saturated carbocycles. The van der Waals surface area contributed by atoms with Crippen LogP contribution < -0.4 is 5.32 Å². The van der Waals surface area contributed by atoms with E-state index in [2.05, 4.69) is 26.1 Å². The van der Waals surface area contributed by atoms with Gasteiger partial charge in [0.25, 0.3) is 0 Å². The Bertz CT molecular complexity index is 281. The van der Waals surface area contributed by atoms with Crippen LogP contribution in [0.2, 0.25) is 0 Å². The van der Waals surface area contributed by atoms with Crippen LogP contribution in [0, 0.1) is 11.3 Å². The number of ether oxygens (including phenoxy) is 2. The topological polar surface area (TPSA) is 47.6 Å². The molecule has 1 rings (SSSR count). The summed E-state index contributed by atoms with van der Waals surface area (Å²) in [6, 6.07) is 0. The molecule has 0 aliphatic heterocycles. The largest absolute Gasteiger partial charge is 0.468 e. The minimum atomic E-state index is -0.646. The van der Waals surface area contributed by atoms with Crippen LogP contribution >= 0.6 is 0 Å². The van der Waals surface area contributed by atoms with Gasteiger partial charge in [-0.2, -0.15) is 0 Å². The molecule has 1 fully saturated rings. The second-order valence-corrected chi connectivity index (χ2v) is 6.35. The van der Waals surface area contributed by atoms with E-state index in [9.17, 15) is 4.79 Å². The number of carbonyl (C=O) groups excluding carboxylic acids is 1. The fourth-order valence-corrected chi connectivity index (χ4v) is 2.09. The summed E-state index contributed by atoms with van der Waals surface area (Å²) in [5.74, 6) is 0.146. The van der Waals surface area contributed by atoms with Gasteiger partial charge in [-0.05, 0) is 37.6 Å². The third-order valence-electron chi connectivity index (χ3n) is 3.60. The first-order valence-corrected chi connectivity index (χ1v) is 6.71. The van der Waals surface area contributed by atoms with Gasteiger partial charge in [0.1, 0.15) is 5.54 Å². The Kier molecular flexibility index (Phi) is 5.17. The monoisotopic (exact) mass is 257 g/mol. The first-order valence-electron chi connectivity index (χ1n) is 6.71. The number of likely N-dealkylation sites (N-methyl/N-ethyl adjacent to an activating group) is 1. The molecular formula is C14H27NO3. The Morgan fingerprint density at radius 1 is 1.33 bits per heavy atom. The molecule has 106 valence electrons. The van der Waals surface area contributed by atoms with E-state index in [1.54, 1.807) is 0 Å². The van der Waals surface area contributed by atoms with Crippen LogP contribution in [0.1, 0.15) is 40.0 Å². The number of nitrogens with one attached hydrogen (secondary N) is 1. The zero-order chi connectivity index (χ0) is 13.8. The normalized spacial score (nSPS) is 19.4. The predicted molar refractivity (Wildman–Crippen MR) is 71.4 cm³/mol. The van der Waals surface area contributed by atoms with Crippen molar-refractivity contribution in [2.24, 2.45) is 11.3 Å². The molecule has 1 N–H and O–H groups in total. The molecule has 0 radical (unpaired) electrons. The summed E-state index contributed by atoms with van der Waals surface area (Å²) in [6.07, 6.45) is 3.12. The minimum absolute atomic E-state index is 0.205. The zero-order valence-electron chi connectivity index (χ0n) is 12.3. The predicted octanol–water partition coefficient (Wildman–Crippen LogP) is 1.98. The SMILES string of the molecule is CNC(COCCC(C)(C)C)(C(=O)OC)C1CC1. The van der Waals surface area contributed by atoms with Crippen molar-refractivity contribution in [3.05, 3.63) is 0 Å². The molecular weight excluding hydrogens is 230 g/mol. The van der Waals surface area contributed by atoms with Crippen molar-refractivity contribution in [1.82, 2.24) is 5.32 Å². The van der Waals surface area contributed by atoms with Gasteiger partial charge in [-0.3, -0.25) is 0 Å². The molecule has 0 amide bonds. The fraction of sp³-hybridized carbons (Fsp3) is 0.929. The Balaban J connectivity index is 2.49. The quantitative estimate of drug-likeness (QED) is 0.559. The van der Waals surface area contributed by atoms with Crippen LogP contribution in [0.3, 0.4) is 0 Å². The lowest BCUT2D eigenvalue weighted by molar-refractivity contribution is -0.152. The Labute approximate surface area is 110 Å². The van der Waals surface area contributed by atoms with Crippen molar-refractivity contribution in [3.63, 3.8) is 0 Å². The molecule has 0 spiro atoms. The highest BCUT2D eigenvalue weighted by Crippen LogP contribution is 2.40. The molecule has 1 aliphatic carbocycles. The van der Waals surface area contributed by atoms with Gasteiger partial charge in [-0.1, -0.05) is 20.8 Å². The molecule has 0 bridgehead atoms. The molecule has 1 aliphatic rings. The summed E-state index contributed by atoms with van der Waals surface area (Å²) in [7, 11) is 3.24. The highest BCUT2D eigenvalue weighted by atomic mass is 16.5. The van der Waals surface area contributed by atoms with E-state index in [-0.39, 0.29) is 11.4 Å². The van der Waals surface area contributed by atoms with Gasteiger partial charge in [0.15, 0.2) is 0 Å². The average molecular weight is 257 g/mol. The summed E-state index contributed by atoms with van der Waals surface area (Å²) < 4.78 is 10.7. The maximum absolute atomic E-state index is 12.0. The molecule has 18 heavy (non-hydrogen) atoms. The van der Waals surface area contributed by atoms with Crippen molar-refractivity contribution in [2.45, 2.75) is 45.6 Å². The van der Waals surface area contributed by atoms with E-state index in [0.29, 0.717) is 19.1 Å².